The van der Waals surface area contributed by atoms with E-state index >= 15 is 4.79 Å². The van der Waals surface area contributed by atoms with Crippen molar-refractivity contribution in [1.29, 1.82) is 0 Å². The maximum Gasteiger partial charge on any atom is 0.303 e. The summed E-state index contributed by atoms with van der Waals surface area (Å²) >= 11 is 0. The van der Waals surface area contributed by atoms with Crippen LogP contribution < -0.4 is 9.46 Å². The van der Waals surface area contributed by atoms with E-state index in [9.17, 15) is 13.2 Å². The maximum absolute atomic E-state index is 15.0. The van der Waals surface area contributed by atoms with E-state index in [2.05, 4.69) is 45.3 Å². The molecule has 4 atom stereocenters. The van der Waals surface area contributed by atoms with Crippen molar-refractivity contribution in [3.8, 4) is 17.0 Å². The predicted molar refractivity (Wildman–Crippen MR) is 192 cm³/mol. The van der Waals surface area contributed by atoms with Crippen molar-refractivity contribution in [1.82, 2.24) is 23.4 Å². The lowest BCUT2D eigenvalue weighted by Gasteiger charge is -2.42. The van der Waals surface area contributed by atoms with Crippen LogP contribution in [0.5, 0.6) is 5.75 Å². The molecular formula is C38H51N5O5S. The van der Waals surface area contributed by atoms with Crippen LogP contribution in [0.1, 0.15) is 97.5 Å². The lowest BCUT2D eigenvalue weighted by molar-refractivity contribution is -0.140. The fraction of sp³-hybridized carbons (Fsp3) is 0.579. The molecule has 0 bridgehead atoms. The molecule has 2 heterocycles. The normalized spacial score (nSPS) is 25.3. The van der Waals surface area contributed by atoms with E-state index in [1.54, 1.807) is 13.2 Å². The van der Waals surface area contributed by atoms with Gasteiger partial charge >= 0.3 is 10.2 Å². The third-order valence-electron chi connectivity index (χ3n) is 12.1. The molecule has 0 saturated heterocycles. The first kappa shape index (κ1) is 34.1. The molecule has 3 saturated carbocycles. The molecule has 7 rings (SSSR count). The number of amides is 2. The second kappa shape index (κ2) is 12.7. The molecule has 1 aliphatic heterocycles. The Kier molecular flexibility index (Phi) is 8.85. The van der Waals surface area contributed by atoms with Gasteiger partial charge in [-0.2, -0.15) is 12.7 Å². The van der Waals surface area contributed by atoms with Crippen molar-refractivity contribution in [3.63, 3.8) is 0 Å². The number of likely N-dealkylation sites (N-methyl/N-ethyl adjacent to an activating group) is 2. The minimum absolute atomic E-state index is 0.0415. The molecule has 11 heteroatoms. The molecule has 2 aromatic carbocycles. The zero-order valence-electron chi connectivity index (χ0n) is 29.8. The number of hydrogen-bond donors (Lipinski definition) is 1. The van der Waals surface area contributed by atoms with Gasteiger partial charge in [-0.05, 0) is 93.6 Å². The summed E-state index contributed by atoms with van der Waals surface area (Å²) in [4.78, 5) is 32.8. The Hall–Kier alpha value is -3.41. The van der Waals surface area contributed by atoms with Crippen molar-refractivity contribution in [3.05, 3.63) is 53.1 Å². The van der Waals surface area contributed by atoms with E-state index in [0.29, 0.717) is 18.5 Å². The molecule has 264 valence electrons. The minimum atomic E-state index is -3.97. The van der Waals surface area contributed by atoms with E-state index in [4.69, 9.17) is 4.74 Å². The highest BCUT2D eigenvalue weighted by Crippen LogP contribution is 2.66. The molecule has 0 spiro atoms. The van der Waals surface area contributed by atoms with E-state index in [1.165, 1.54) is 45.3 Å². The van der Waals surface area contributed by atoms with Gasteiger partial charge in [-0.1, -0.05) is 38.2 Å². The molecule has 1 aromatic heterocycles. The number of nitrogens with one attached hydrogen (secondary N) is 1. The van der Waals surface area contributed by atoms with Gasteiger partial charge in [-0.15, -0.1) is 0 Å². The molecule has 2 unspecified atom stereocenters. The number of ether oxygens (including phenoxy) is 1. The Bertz CT molecular complexity index is 1900. The summed E-state index contributed by atoms with van der Waals surface area (Å²) in [6.45, 7) is 0.497. The Morgan fingerprint density at radius 1 is 0.898 bits per heavy atom. The topological polar surface area (TPSA) is 104 Å². The van der Waals surface area contributed by atoms with Crippen molar-refractivity contribution in [2.45, 2.75) is 94.7 Å². The number of rotatable bonds is 8. The molecule has 0 radical (unpaired) electrons. The maximum atomic E-state index is 15.0. The third kappa shape index (κ3) is 5.75. The average molecular weight is 690 g/mol. The number of nitrogens with zero attached hydrogens (tertiary/aromatic N) is 4. The van der Waals surface area contributed by atoms with E-state index in [1.807, 2.05) is 25.2 Å². The lowest BCUT2D eigenvalue weighted by Crippen LogP contribution is -2.53. The summed E-state index contributed by atoms with van der Waals surface area (Å²) < 4.78 is 36.5. The van der Waals surface area contributed by atoms with Crippen molar-refractivity contribution in [2.75, 3.05) is 42.3 Å². The first-order valence-electron chi connectivity index (χ1n) is 17.9. The molecule has 4 aliphatic rings. The van der Waals surface area contributed by atoms with Crippen LogP contribution in [0, 0.1) is 5.41 Å². The Morgan fingerprint density at radius 2 is 1.59 bits per heavy atom. The van der Waals surface area contributed by atoms with Crippen LogP contribution in [0.15, 0.2) is 36.4 Å². The number of aromatic nitrogens is 1. The third-order valence-corrected chi connectivity index (χ3v) is 13.5. The van der Waals surface area contributed by atoms with Gasteiger partial charge in [0.05, 0.1) is 18.2 Å². The summed E-state index contributed by atoms with van der Waals surface area (Å²) in [5, 5.41) is 1.07. The number of hydrogen-bond acceptors (Lipinski definition) is 6. The van der Waals surface area contributed by atoms with Gasteiger partial charge in [0.1, 0.15) is 5.75 Å². The van der Waals surface area contributed by atoms with Crippen LogP contribution in [0.2, 0.25) is 0 Å². The fourth-order valence-corrected chi connectivity index (χ4v) is 9.87. The van der Waals surface area contributed by atoms with Crippen LogP contribution >= 0.6 is 0 Å². The summed E-state index contributed by atoms with van der Waals surface area (Å²) in [5.41, 5.74) is 5.20. The van der Waals surface area contributed by atoms with Crippen LogP contribution in [0.25, 0.3) is 22.2 Å². The van der Waals surface area contributed by atoms with E-state index < -0.39 is 21.5 Å². The zero-order valence-corrected chi connectivity index (χ0v) is 30.6. The summed E-state index contributed by atoms with van der Waals surface area (Å²) in [6.07, 6.45) is 10.9. The molecular weight excluding hydrogens is 639 g/mol. The number of methoxy groups -OCH3 is 1. The van der Waals surface area contributed by atoms with Gasteiger partial charge in [0.15, 0.2) is 0 Å². The number of benzene rings is 2. The molecule has 3 fully saturated rings. The average Bonchev–Trinajstić information content (AvgIpc) is 3.77. The highest BCUT2D eigenvalue weighted by atomic mass is 32.2. The number of carbonyl (C=O) groups excluding carboxylic acids is 2. The standard InChI is InChI=1S/C38H51N5O5S/c1-40(2)31-14-10-11-15-32(31)42(5)37(45)38-22-30(38)29-21-26(48-6)17-19-27(29)35-34(24-12-8-7-9-13-24)28-18-16-25(20-33(28)43(35)23-38)36(44)39-49(46,47)41(3)4/h16-21,24,30-32H,7-15,22-23H2,1-6H3,(H,39,44)/t30?,31-,32-,38?/m0/s1. The second-order valence-electron chi connectivity index (χ2n) is 15.3. The molecule has 1 N–H and O–H groups in total. The first-order valence-corrected chi connectivity index (χ1v) is 19.3. The van der Waals surface area contributed by atoms with Gasteiger partial charge in [-0.25, -0.2) is 4.72 Å². The number of carbonyl (C=O) groups is 2. The van der Waals surface area contributed by atoms with Gasteiger partial charge in [-0.3, -0.25) is 9.59 Å². The first-order chi connectivity index (χ1) is 23.4. The van der Waals surface area contributed by atoms with E-state index in [0.717, 1.165) is 76.3 Å². The largest absolute Gasteiger partial charge is 0.497 e. The Labute approximate surface area is 290 Å². The molecule has 10 nitrogen and oxygen atoms in total. The van der Waals surface area contributed by atoms with Crippen LogP contribution in [-0.2, 0) is 21.5 Å². The molecule has 3 aromatic rings. The Balaban J connectivity index is 1.41. The number of fused-ring (bicyclic) bond motifs is 7. The highest BCUT2D eigenvalue weighted by Gasteiger charge is 2.64. The van der Waals surface area contributed by atoms with Crippen molar-refractivity contribution < 1.29 is 22.7 Å². The van der Waals surface area contributed by atoms with Gasteiger partial charge in [0.25, 0.3) is 5.91 Å². The SMILES string of the molecule is COc1ccc2c(c1)C1CC1(C(=O)N(C)[C@H]1CCCC[C@@H]1N(C)C)Cn1c-2c(C2CCCCC2)c2ccc(C(=O)NS(=O)(=O)N(C)C)cc21. The van der Waals surface area contributed by atoms with Gasteiger partial charge in [0, 0.05) is 67.7 Å². The summed E-state index contributed by atoms with van der Waals surface area (Å²) in [7, 11) is 6.75. The van der Waals surface area contributed by atoms with Crippen LogP contribution in [0.3, 0.4) is 0 Å². The monoisotopic (exact) mass is 689 g/mol. The lowest BCUT2D eigenvalue weighted by atomic mass is 9.81. The van der Waals surface area contributed by atoms with Crippen LogP contribution in [0.4, 0.5) is 0 Å². The zero-order chi connectivity index (χ0) is 34.8. The smallest absolute Gasteiger partial charge is 0.303 e. The van der Waals surface area contributed by atoms with Crippen molar-refractivity contribution >= 4 is 32.9 Å². The molecule has 49 heavy (non-hydrogen) atoms. The highest BCUT2D eigenvalue weighted by molar-refractivity contribution is 7.87. The molecule has 3 aliphatic carbocycles. The minimum Gasteiger partial charge on any atom is -0.497 e. The second-order valence-corrected chi connectivity index (χ2v) is 17.2. The predicted octanol–water partition coefficient (Wildman–Crippen LogP) is 5.72. The summed E-state index contributed by atoms with van der Waals surface area (Å²) in [5.74, 6) is 0.684. The van der Waals surface area contributed by atoms with Crippen LogP contribution in [-0.4, -0.2) is 93.3 Å². The summed E-state index contributed by atoms with van der Waals surface area (Å²) in [6, 6.07) is 12.4. The fourth-order valence-electron chi connectivity index (χ4n) is 9.34. The van der Waals surface area contributed by atoms with Gasteiger partial charge in [0.2, 0.25) is 5.91 Å². The molecule has 2 amide bonds. The quantitative estimate of drug-likeness (QED) is 0.325. The Morgan fingerprint density at radius 3 is 2.27 bits per heavy atom. The van der Waals surface area contributed by atoms with Crippen molar-refractivity contribution in [2.24, 2.45) is 5.41 Å². The van der Waals surface area contributed by atoms with Gasteiger partial charge < -0.3 is 19.1 Å². The van der Waals surface area contributed by atoms with E-state index in [-0.39, 0.29) is 23.4 Å².